The Morgan fingerprint density at radius 1 is 1.04 bits per heavy atom. The van der Waals surface area contributed by atoms with Crippen molar-refractivity contribution in [3.63, 3.8) is 0 Å². The molecule has 0 bridgehead atoms. The van der Waals surface area contributed by atoms with Crippen molar-refractivity contribution in [2.45, 2.75) is 33.0 Å². The van der Waals surface area contributed by atoms with Gasteiger partial charge < -0.3 is 14.6 Å². The van der Waals surface area contributed by atoms with Crippen LogP contribution in [0.5, 0.6) is 5.75 Å². The number of aliphatic hydroxyl groups is 1. The fraction of sp³-hybridized carbons (Fsp3) is 0.316. The SMILES string of the molecule is COc1cc(C(=O)OC(C)(C)C)cc(-c2ccc(CO)cc2)c1. The first-order valence-corrected chi connectivity index (χ1v) is 7.45. The van der Waals surface area contributed by atoms with E-state index in [-0.39, 0.29) is 12.6 Å². The molecule has 1 N–H and O–H groups in total. The van der Waals surface area contributed by atoms with Crippen LogP contribution in [0.15, 0.2) is 42.5 Å². The number of aliphatic hydroxyl groups excluding tert-OH is 1. The van der Waals surface area contributed by atoms with Crippen molar-refractivity contribution >= 4 is 5.97 Å². The summed E-state index contributed by atoms with van der Waals surface area (Å²) in [5.74, 6) is 0.208. The van der Waals surface area contributed by atoms with Crippen LogP contribution in [0.1, 0.15) is 36.7 Å². The third kappa shape index (κ3) is 4.57. The van der Waals surface area contributed by atoms with Gasteiger partial charge in [0.1, 0.15) is 11.4 Å². The zero-order chi connectivity index (χ0) is 17.0. The van der Waals surface area contributed by atoms with Gasteiger partial charge in [-0.1, -0.05) is 24.3 Å². The average molecular weight is 314 g/mol. The van der Waals surface area contributed by atoms with E-state index in [1.54, 1.807) is 19.2 Å². The van der Waals surface area contributed by atoms with Crippen molar-refractivity contribution in [1.82, 2.24) is 0 Å². The first-order chi connectivity index (χ1) is 10.8. The van der Waals surface area contributed by atoms with Gasteiger partial charge in [0.2, 0.25) is 0 Å². The van der Waals surface area contributed by atoms with E-state index in [0.29, 0.717) is 11.3 Å². The van der Waals surface area contributed by atoms with Crippen molar-refractivity contribution in [1.29, 1.82) is 0 Å². The smallest absolute Gasteiger partial charge is 0.338 e. The molecule has 2 aromatic carbocycles. The van der Waals surface area contributed by atoms with Crippen LogP contribution in [0.4, 0.5) is 0 Å². The Labute approximate surface area is 136 Å². The summed E-state index contributed by atoms with van der Waals surface area (Å²) >= 11 is 0. The Morgan fingerprint density at radius 2 is 1.70 bits per heavy atom. The minimum absolute atomic E-state index is 0.00154. The molecule has 4 nitrogen and oxygen atoms in total. The molecule has 0 saturated carbocycles. The molecule has 0 radical (unpaired) electrons. The van der Waals surface area contributed by atoms with Crippen LogP contribution >= 0.6 is 0 Å². The molecule has 0 atom stereocenters. The van der Waals surface area contributed by atoms with Crippen LogP contribution in [-0.4, -0.2) is 23.8 Å². The average Bonchev–Trinajstić information content (AvgIpc) is 2.53. The van der Waals surface area contributed by atoms with Gasteiger partial charge in [-0.05, 0) is 55.7 Å². The van der Waals surface area contributed by atoms with Gasteiger partial charge >= 0.3 is 5.97 Å². The Balaban J connectivity index is 2.40. The highest BCUT2D eigenvalue weighted by molar-refractivity contribution is 5.92. The maximum atomic E-state index is 12.3. The number of carbonyl (C=O) groups is 1. The second-order valence-electron chi connectivity index (χ2n) is 6.31. The lowest BCUT2D eigenvalue weighted by Crippen LogP contribution is -2.23. The minimum Gasteiger partial charge on any atom is -0.497 e. The molecule has 0 aromatic heterocycles. The van der Waals surface area contributed by atoms with Crippen molar-refractivity contribution in [2.24, 2.45) is 0 Å². The third-order valence-electron chi connectivity index (χ3n) is 3.25. The molecular weight excluding hydrogens is 292 g/mol. The van der Waals surface area contributed by atoms with Crippen LogP contribution in [0, 0.1) is 0 Å². The number of rotatable bonds is 4. The molecule has 0 aliphatic rings. The summed E-state index contributed by atoms with van der Waals surface area (Å²) in [4.78, 5) is 12.3. The van der Waals surface area contributed by atoms with Crippen LogP contribution in [0.2, 0.25) is 0 Å². The monoisotopic (exact) mass is 314 g/mol. The highest BCUT2D eigenvalue weighted by Crippen LogP contribution is 2.27. The van der Waals surface area contributed by atoms with Crippen molar-refractivity contribution < 1.29 is 19.4 Å². The van der Waals surface area contributed by atoms with E-state index in [2.05, 4.69) is 0 Å². The lowest BCUT2D eigenvalue weighted by atomic mass is 10.0. The molecule has 0 amide bonds. The molecule has 2 rings (SSSR count). The normalized spacial score (nSPS) is 11.2. The first-order valence-electron chi connectivity index (χ1n) is 7.45. The fourth-order valence-electron chi connectivity index (χ4n) is 2.14. The summed E-state index contributed by atoms with van der Waals surface area (Å²) in [5, 5.41) is 9.13. The molecule has 0 saturated heterocycles. The van der Waals surface area contributed by atoms with Gasteiger partial charge in [0.05, 0.1) is 19.3 Å². The molecule has 23 heavy (non-hydrogen) atoms. The summed E-state index contributed by atoms with van der Waals surface area (Å²) < 4.78 is 10.7. The summed E-state index contributed by atoms with van der Waals surface area (Å²) in [7, 11) is 1.56. The maximum Gasteiger partial charge on any atom is 0.338 e. The zero-order valence-corrected chi connectivity index (χ0v) is 13.9. The van der Waals surface area contributed by atoms with Gasteiger partial charge in [-0.25, -0.2) is 4.79 Å². The summed E-state index contributed by atoms with van der Waals surface area (Å²) in [6, 6.07) is 12.8. The number of esters is 1. The van der Waals surface area contributed by atoms with Crippen LogP contribution in [-0.2, 0) is 11.3 Å². The number of ether oxygens (including phenoxy) is 2. The van der Waals surface area contributed by atoms with Gasteiger partial charge in [-0.15, -0.1) is 0 Å². The summed E-state index contributed by atoms with van der Waals surface area (Å²) in [5.41, 5.74) is 2.52. The van der Waals surface area contributed by atoms with E-state index in [4.69, 9.17) is 14.6 Å². The standard InChI is InChI=1S/C19H22O4/c1-19(2,3)23-18(21)16-9-15(10-17(11-16)22-4)14-7-5-13(12-20)6-8-14/h5-11,20H,12H2,1-4H3. The number of hydrogen-bond donors (Lipinski definition) is 1. The number of benzene rings is 2. The first kappa shape index (κ1) is 17.0. The van der Waals surface area contributed by atoms with Gasteiger partial charge in [-0.2, -0.15) is 0 Å². The molecule has 0 aliphatic heterocycles. The fourth-order valence-corrected chi connectivity index (χ4v) is 2.14. The predicted octanol–water partition coefficient (Wildman–Crippen LogP) is 3.81. The Hall–Kier alpha value is -2.33. The number of carbonyl (C=O) groups excluding carboxylic acids is 1. The van der Waals surface area contributed by atoms with E-state index >= 15 is 0 Å². The largest absolute Gasteiger partial charge is 0.497 e. The van der Waals surface area contributed by atoms with Gasteiger partial charge in [0.15, 0.2) is 0 Å². The van der Waals surface area contributed by atoms with Gasteiger partial charge in [-0.3, -0.25) is 0 Å². The second kappa shape index (κ2) is 6.84. The molecule has 0 aliphatic carbocycles. The van der Waals surface area contributed by atoms with Crippen LogP contribution in [0.3, 0.4) is 0 Å². The second-order valence-corrected chi connectivity index (χ2v) is 6.31. The molecule has 4 heteroatoms. The number of hydrogen-bond acceptors (Lipinski definition) is 4. The Kier molecular flexibility index (Phi) is 5.06. The van der Waals surface area contributed by atoms with E-state index in [1.807, 2.05) is 51.1 Å². The molecule has 0 fully saturated rings. The molecular formula is C19H22O4. The quantitative estimate of drug-likeness (QED) is 0.872. The molecule has 122 valence electrons. The highest BCUT2D eigenvalue weighted by Gasteiger charge is 2.19. The summed E-state index contributed by atoms with van der Waals surface area (Å²) in [6.07, 6.45) is 0. The third-order valence-corrected chi connectivity index (χ3v) is 3.25. The van der Waals surface area contributed by atoms with Crippen LogP contribution in [0.25, 0.3) is 11.1 Å². The Morgan fingerprint density at radius 3 is 2.22 bits per heavy atom. The highest BCUT2D eigenvalue weighted by atomic mass is 16.6. The van der Waals surface area contributed by atoms with Crippen molar-refractivity contribution in [2.75, 3.05) is 7.11 Å². The van der Waals surface area contributed by atoms with Gasteiger partial charge in [0.25, 0.3) is 0 Å². The molecule has 2 aromatic rings. The van der Waals surface area contributed by atoms with E-state index in [0.717, 1.165) is 16.7 Å². The Bertz CT molecular complexity index is 682. The number of methoxy groups -OCH3 is 1. The van der Waals surface area contributed by atoms with E-state index < -0.39 is 5.60 Å². The van der Waals surface area contributed by atoms with E-state index in [9.17, 15) is 4.79 Å². The molecule has 0 unspecified atom stereocenters. The predicted molar refractivity (Wildman–Crippen MR) is 89.5 cm³/mol. The lowest BCUT2D eigenvalue weighted by molar-refractivity contribution is 0.00692. The van der Waals surface area contributed by atoms with Gasteiger partial charge in [0, 0.05) is 0 Å². The molecule has 0 spiro atoms. The lowest BCUT2D eigenvalue weighted by Gasteiger charge is -2.20. The minimum atomic E-state index is -0.552. The van der Waals surface area contributed by atoms with E-state index in [1.165, 1.54) is 0 Å². The summed E-state index contributed by atoms with van der Waals surface area (Å²) in [6.45, 7) is 5.50. The topological polar surface area (TPSA) is 55.8 Å². The zero-order valence-electron chi connectivity index (χ0n) is 13.9. The van der Waals surface area contributed by atoms with Crippen LogP contribution < -0.4 is 4.74 Å². The van der Waals surface area contributed by atoms with Crippen molar-refractivity contribution in [3.8, 4) is 16.9 Å². The molecule has 0 heterocycles. The van der Waals surface area contributed by atoms with Crippen molar-refractivity contribution in [3.05, 3.63) is 53.6 Å². The maximum absolute atomic E-state index is 12.3.